The Morgan fingerprint density at radius 3 is 1.56 bits per heavy atom. The minimum Gasteiger partial charge on any atom is -0.481 e. The second kappa shape index (κ2) is 18.4. The Morgan fingerprint density at radius 1 is 0.647 bits per heavy atom. The van der Waals surface area contributed by atoms with Crippen LogP contribution >= 0.6 is 24.9 Å². The number of aryl methyl sites for hydroxylation is 1. The Hall–Kier alpha value is -1.96. The van der Waals surface area contributed by atoms with Gasteiger partial charge in [-0.1, -0.05) is 131 Å². The van der Waals surface area contributed by atoms with Crippen LogP contribution < -0.4 is 15.9 Å². The van der Waals surface area contributed by atoms with E-state index in [0.717, 1.165) is 19.3 Å². The van der Waals surface area contributed by atoms with Crippen LogP contribution in [-0.2, 0) is 11.2 Å². The molecule has 0 saturated carbocycles. The summed E-state index contributed by atoms with van der Waals surface area (Å²) in [4.78, 5) is 10.6. The number of aliphatic carboxylic acids is 1. The zero-order chi connectivity index (χ0) is 23.7. The molecular weight excluding hydrogens is 503 g/mol. The molecule has 0 aliphatic rings. The fourth-order valence-electron chi connectivity index (χ4n) is 3.70. The smallest absolute Gasteiger partial charge is 0.303 e. The molecule has 0 aromatic heterocycles. The molecule has 0 amide bonds. The first-order chi connectivity index (χ1) is 16.2. The van der Waals surface area contributed by atoms with Crippen LogP contribution in [0.2, 0.25) is 0 Å². The number of carbonyl (C=O) groups is 1. The van der Waals surface area contributed by atoms with E-state index in [1.165, 1.54) is 53.6 Å². The lowest BCUT2D eigenvalue weighted by Gasteiger charge is -2.19. The Morgan fingerprint density at radius 2 is 1.12 bits per heavy atom. The van der Waals surface area contributed by atoms with Gasteiger partial charge < -0.3 is 5.11 Å². The van der Waals surface area contributed by atoms with Crippen LogP contribution in [0.1, 0.15) is 70.8 Å². The molecule has 3 aromatic rings. The van der Waals surface area contributed by atoms with Crippen molar-refractivity contribution >= 4 is 46.8 Å². The highest BCUT2D eigenvalue weighted by molar-refractivity contribution is 8.93. The van der Waals surface area contributed by atoms with Crippen LogP contribution in [0, 0.1) is 0 Å². The standard InChI is InChI=1S/C23H23O2P.C7H16.BrH/c24-23(25)14-8-7-9-19-15-17-22(18-16-19)26(20-10-3-1-4-11-20)21-12-5-2-6-13-21;1-3-5-7-6-4-2;/h1-6,10-13,15-18H,7-9,14H2,(H,24,25);3-7H2,1-2H3;1H. The van der Waals surface area contributed by atoms with Gasteiger partial charge in [0, 0.05) is 6.42 Å². The predicted molar refractivity (Wildman–Crippen MR) is 155 cm³/mol. The fraction of sp³-hybridized carbons (Fsp3) is 0.367. The van der Waals surface area contributed by atoms with E-state index in [1.54, 1.807) is 0 Å². The summed E-state index contributed by atoms with van der Waals surface area (Å²) in [5.41, 5.74) is 1.27. The van der Waals surface area contributed by atoms with Gasteiger partial charge in [-0.2, -0.15) is 0 Å². The Balaban J connectivity index is 0.000000633. The predicted octanol–water partition coefficient (Wildman–Crippen LogP) is 7.80. The third-order valence-corrected chi connectivity index (χ3v) is 7.98. The van der Waals surface area contributed by atoms with Gasteiger partial charge in [0.1, 0.15) is 0 Å². The van der Waals surface area contributed by atoms with Crippen molar-refractivity contribution in [3.63, 3.8) is 0 Å². The normalized spacial score (nSPS) is 10.2. The third-order valence-electron chi connectivity index (χ3n) is 5.54. The number of hydrogen-bond donors (Lipinski definition) is 1. The topological polar surface area (TPSA) is 37.3 Å². The first-order valence-electron chi connectivity index (χ1n) is 12.4. The second-order valence-electron chi connectivity index (χ2n) is 8.33. The molecule has 184 valence electrons. The molecule has 4 heteroatoms. The van der Waals surface area contributed by atoms with Crippen LogP contribution in [-0.4, -0.2) is 11.1 Å². The van der Waals surface area contributed by atoms with Gasteiger partial charge in [0.15, 0.2) is 0 Å². The third kappa shape index (κ3) is 11.4. The molecule has 0 bridgehead atoms. The van der Waals surface area contributed by atoms with Crippen LogP contribution in [0.15, 0.2) is 84.9 Å². The number of hydrogen-bond acceptors (Lipinski definition) is 1. The second-order valence-corrected chi connectivity index (χ2v) is 10.6. The summed E-state index contributed by atoms with van der Waals surface area (Å²) in [5, 5.41) is 12.8. The van der Waals surface area contributed by atoms with E-state index < -0.39 is 13.9 Å². The van der Waals surface area contributed by atoms with Crippen LogP contribution in [0.4, 0.5) is 0 Å². The molecule has 0 unspecified atom stereocenters. The van der Waals surface area contributed by atoms with Gasteiger partial charge in [-0.3, -0.25) is 4.79 Å². The fourth-order valence-corrected chi connectivity index (χ4v) is 5.98. The van der Waals surface area contributed by atoms with Gasteiger partial charge >= 0.3 is 5.97 Å². The first kappa shape index (κ1) is 30.1. The maximum absolute atomic E-state index is 10.6. The lowest BCUT2D eigenvalue weighted by molar-refractivity contribution is -0.137. The van der Waals surface area contributed by atoms with Gasteiger partial charge in [-0.05, 0) is 48.7 Å². The number of carboxylic acid groups (broad SMARTS) is 1. The van der Waals surface area contributed by atoms with E-state index in [0.29, 0.717) is 0 Å². The van der Waals surface area contributed by atoms with Gasteiger partial charge in [-0.15, -0.1) is 17.0 Å². The maximum atomic E-state index is 10.6. The zero-order valence-corrected chi connectivity index (χ0v) is 23.3. The molecule has 34 heavy (non-hydrogen) atoms. The van der Waals surface area contributed by atoms with Crippen molar-refractivity contribution < 1.29 is 9.90 Å². The lowest BCUT2D eigenvalue weighted by atomic mass is 10.1. The summed E-state index contributed by atoms with van der Waals surface area (Å²) in [6.45, 7) is 4.49. The highest BCUT2D eigenvalue weighted by Crippen LogP contribution is 2.32. The molecule has 0 heterocycles. The van der Waals surface area contributed by atoms with Gasteiger partial charge in [0.25, 0.3) is 0 Å². The largest absolute Gasteiger partial charge is 0.481 e. The SMILES string of the molecule is Br.CCCCCCC.O=C(O)CCCCc1ccc(P(c2ccccc2)c2ccccc2)cc1. The molecule has 0 fully saturated rings. The van der Waals surface area contributed by atoms with E-state index in [4.69, 9.17) is 5.11 Å². The van der Waals surface area contributed by atoms with Crippen molar-refractivity contribution in [1.29, 1.82) is 0 Å². The molecule has 3 rings (SSSR count). The summed E-state index contributed by atoms with van der Waals surface area (Å²) in [6.07, 6.45) is 9.85. The van der Waals surface area contributed by atoms with Crippen LogP contribution in [0.25, 0.3) is 0 Å². The average molecular weight is 544 g/mol. The first-order valence-corrected chi connectivity index (χ1v) is 13.7. The quantitative estimate of drug-likeness (QED) is 0.187. The Labute approximate surface area is 218 Å². The van der Waals surface area contributed by atoms with Crippen molar-refractivity contribution in [3.8, 4) is 0 Å². The minimum absolute atomic E-state index is 0. The molecule has 0 saturated heterocycles. The average Bonchev–Trinajstić information content (AvgIpc) is 2.85. The van der Waals surface area contributed by atoms with Crippen molar-refractivity contribution in [2.75, 3.05) is 0 Å². The molecule has 0 radical (unpaired) electrons. The molecule has 0 spiro atoms. The van der Waals surface area contributed by atoms with Crippen molar-refractivity contribution in [1.82, 2.24) is 0 Å². The molecule has 1 N–H and O–H groups in total. The highest BCUT2D eigenvalue weighted by atomic mass is 79.9. The number of carboxylic acids is 1. The molecule has 0 aliphatic carbocycles. The van der Waals surface area contributed by atoms with E-state index >= 15 is 0 Å². The number of benzene rings is 3. The summed E-state index contributed by atoms with van der Waals surface area (Å²) < 4.78 is 0. The number of unbranched alkanes of at least 4 members (excludes halogenated alkanes) is 5. The highest BCUT2D eigenvalue weighted by Gasteiger charge is 2.15. The van der Waals surface area contributed by atoms with Gasteiger partial charge in [-0.25, -0.2) is 0 Å². The minimum atomic E-state index is -0.711. The van der Waals surface area contributed by atoms with E-state index in [9.17, 15) is 4.79 Å². The van der Waals surface area contributed by atoms with Gasteiger partial charge in [0.2, 0.25) is 0 Å². The molecule has 2 nitrogen and oxygen atoms in total. The summed E-state index contributed by atoms with van der Waals surface area (Å²) >= 11 is 0. The summed E-state index contributed by atoms with van der Waals surface area (Å²) in [7, 11) is -0.561. The van der Waals surface area contributed by atoms with E-state index in [1.807, 2.05) is 0 Å². The zero-order valence-electron chi connectivity index (χ0n) is 20.7. The van der Waals surface area contributed by atoms with Crippen LogP contribution in [0.5, 0.6) is 0 Å². The van der Waals surface area contributed by atoms with Crippen LogP contribution in [0.3, 0.4) is 0 Å². The van der Waals surface area contributed by atoms with E-state index in [2.05, 4.69) is 98.8 Å². The summed E-state index contributed by atoms with van der Waals surface area (Å²) in [6, 6.07) is 30.2. The lowest BCUT2D eigenvalue weighted by Crippen LogP contribution is -2.20. The molecule has 0 atom stereocenters. The molecule has 3 aromatic carbocycles. The molecule has 0 aliphatic heterocycles. The Bertz CT molecular complexity index is 855. The number of rotatable bonds is 12. The number of halogens is 1. The van der Waals surface area contributed by atoms with Crippen molar-refractivity contribution in [2.24, 2.45) is 0 Å². The monoisotopic (exact) mass is 542 g/mol. The van der Waals surface area contributed by atoms with Crippen molar-refractivity contribution in [3.05, 3.63) is 90.5 Å². The van der Waals surface area contributed by atoms with Gasteiger partial charge in [0.05, 0.1) is 0 Å². The summed E-state index contributed by atoms with van der Waals surface area (Å²) in [5.74, 6) is -0.711. The van der Waals surface area contributed by atoms with E-state index in [-0.39, 0.29) is 23.4 Å². The molecular formula is C30H40BrO2P. The van der Waals surface area contributed by atoms with Crippen molar-refractivity contribution in [2.45, 2.75) is 71.6 Å². The Kier molecular flexibility index (Phi) is 16.3. The maximum Gasteiger partial charge on any atom is 0.303 e.